The van der Waals surface area contributed by atoms with Crippen LogP contribution in [0.3, 0.4) is 0 Å². The molecule has 1 aliphatic carbocycles. The molecular weight excluding hydrogens is 272 g/mol. The Kier molecular flexibility index (Phi) is 3.85. The second-order valence-corrected chi connectivity index (χ2v) is 6.40. The van der Waals surface area contributed by atoms with Gasteiger partial charge in [0.1, 0.15) is 17.3 Å². The van der Waals surface area contributed by atoms with Crippen LogP contribution in [0.5, 0.6) is 0 Å². The largest absolute Gasteiger partial charge is 0.367 e. The summed E-state index contributed by atoms with van der Waals surface area (Å²) in [7, 11) is 0. The highest BCUT2D eigenvalue weighted by Crippen LogP contribution is 2.32. The van der Waals surface area contributed by atoms with E-state index in [0.717, 1.165) is 31.2 Å². The van der Waals surface area contributed by atoms with Gasteiger partial charge in [0.15, 0.2) is 0 Å². The Morgan fingerprint density at radius 3 is 2.73 bits per heavy atom. The molecule has 1 aliphatic heterocycles. The lowest BCUT2D eigenvalue weighted by atomic mass is 9.95. The number of anilines is 1. The molecule has 1 aromatic heterocycles. The molecule has 0 atom stereocenters. The third-order valence-electron chi connectivity index (χ3n) is 4.84. The van der Waals surface area contributed by atoms with Gasteiger partial charge in [0.25, 0.3) is 0 Å². The van der Waals surface area contributed by atoms with Crippen LogP contribution in [0.15, 0.2) is 30.3 Å². The molecule has 116 valence electrons. The van der Waals surface area contributed by atoms with Crippen molar-refractivity contribution in [3.8, 4) is 11.3 Å². The van der Waals surface area contributed by atoms with Crippen LogP contribution < -0.4 is 10.6 Å². The fourth-order valence-electron chi connectivity index (χ4n) is 3.65. The van der Waals surface area contributed by atoms with Crippen molar-refractivity contribution < 1.29 is 0 Å². The second kappa shape index (κ2) is 6.13. The van der Waals surface area contributed by atoms with Crippen molar-refractivity contribution in [2.45, 2.75) is 51.2 Å². The number of imidazole rings is 1. The lowest BCUT2D eigenvalue weighted by Crippen LogP contribution is -2.30. The molecule has 0 saturated heterocycles. The summed E-state index contributed by atoms with van der Waals surface area (Å²) >= 11 is 0. The van der Waals surface area contributed by atoms with Crippen molar-refractivity contribution >= 4 is 5.82 Å². The first kappa shape index (κ1) is 13.8. The third-order valence-corrected chi connectivity index (χ3v) is 4.84. The standard InChI is InChI=1S/C18H24N4/c1-3-7-14(8-4-1)17-18(20-15-9-5-2-6-10-15)22-12-11-19-13-16(22)21-17/h1,3-4,7-8,15,19-20H,2,5-6,9-13H2. The Balaban J connectivity index is 1.71. The Bertz CT molecular complexity index is 626. The van der Waals surface area contributed by atoms with Gasteiger partial charge in [-0.2, -0.15) is 0 Å². The van der Waals surface area contributed by atoms with Gasteiger partial charge in [-0.05, 0) is 12.8 Å². The quantitative estimate of drug-likeness (QED) is 0.912. The van der Waals surface area contributed by atoms with Crippen LogP contribution in [0.25, 0.3) is 11.3 Å². The number of hydrogen-bond donors (Lipinski definition) is 2. The predicted octanol–water partition coefficient (Wildman–Crippen LogP) is 3.40. The van der Waals surface area contributed by atoms with Crippen molar-refractivity contribution in [1.82, 2.24) is 14.9 Å². The number of hydrogen-bond acceptors (Lipinski definition) is 3. The summed E-state index contributed by atoms with van der Waals surface area (Å²) in [5.74, 6) is 2.39. The summed E-state index contributed by atoms with van der Waals surface area (Å²) in [4.78, 5) is 4.92. The summed E-state index contributed by atoms with van der Waals surface area (Å²) < 4.78 is 2.38. The summed E-state index contributed by atoms with van der Waals surface area (Å²) in [5, 5.41) is 7.25. The monoisotopic (exact) mass is 296 g/mol. The average Bonchev–Trinajstić information content (AvgIpc) is 2.95. The lowest BCUT2D eigenvalue weighted by molar-refractivity contribution is 0.455. The minimum Gasteiger partial charge on any atom is -0.367 e. The molecule has 0 unspecified atom stereocenters. The van der Waals surface area contributed by atoms with Crippen LogP contribution in [0, 0.1) is 0 Å². The van der Waals surface area contributed by atoms with E-state index in [1.54, 1.807) is 0 Å². The van der Waals surface area contributed by atoms with E-state index in [0.29, 0.717) is 6.04 Å². The molecule has 4 rings (SSSR count). The van der Waals surface area contributed by atoms with Crippen molar-refractivity contribution in [3.63, 3.8) is 0 Å². The molecule has 1 aromatic carbocycles. The molecule has 2 aromatic rings. The smallest absolute Gasteiger partial charge is 0.134 e. The summed E-state index contributed by atoms with van der Waals surface area (Å²) in [5.41, 5.74) is 2.33. The third kappa shape index (κ3) is 2.63. The number of aromatic nitrogens is 2. The molecule has 0 spiro atoms. The minimum atomic E-state index is 0.604. The van der Waals surface area contributed by atoms with Crippen molar-refractivity contribution in [1.29, 1.82) is 0 Å². The highest BCUT2D eigenvalue weighted by Gasteiger charge is 2.23. The second-order valence-electron chi connectivity index (χ2n) is 6.40. The van der Waals surface area contributed by atoms with E-state index < -0.39 is 0 Å². The topological polar surface area (TPSA) is 41.9 Å². The Hall–Kier alpha value is -1.81. The molecular formula is C18H24N4. The van der Waals surface area contributed by atoms with Gasteiger partial charge in [-0.3, -0.25) is 0 Å². The highest BCUT2D eigenvalue weighted by molar-refractivity contribution is 5.73. The van der Waals surface area contributed by atoms with Gasteiger partial charge in [0.2, 0.25) is 0 Å². The Morgan fingerprint density at radius 2 is 1.91 bits per heavy atom. The fourth-order valence-corrected chi connectivity index (χ4v) is 3.65. The normalized spacial score (nSPS) is 18.9. The molecule has 1 saturated carbocycles. The van der Waals surface area contributed by atoms with Crippen LogP contribution in [0.1, 0.15) is 37.9 Å². The number of nitrogens with one attached hydrogen (secondary N) is 2. The van der Waals surface area contributed by atoms with E-state index in [1.165, 1.54) is 43.5 Å². The summed E-state index contributed by atoms with van der Waals surface area (Å²) in [6, 6.07) is 11.2. The number of rotatable bonds is 3. The first-order valence-electron chi connectivity index (χ1n) is 8.54. The van der Waals surface area contributed by atoms with Gasteiger partial charge < -0.3 is 15.2 Å². The van der Waals surface area contributed by atoms with Crippen LogP contribution in [-0.4, -0.2) is 22.1 Å². The van der Waals surface area contributed by atoms with E-state index in [2.05, 4.69) is 45.5 Å². The van der Waals surface area contributed by atoms with Crippen LogP contribution in [0.4, 0.5) is 5.82 Å². The fraction of sp³-hybridized carbons (Fsp3) is 0.500. The van der Waals surface area contributed by atoms with Crippen molar-refractivity contribution in [2.24, 2.45) is 0 Å². The highest BCUT2D eigenvalue weighted by atomic mass is 15.2. The number of nitrogens with zero attached hydrogens (tertiary/aromatic N) is 2. The van der Waals surface area contributed by atoms with Gasteiger partial charge in [-0.1, -0.05) is 49.6 Å². The van der Waals surface area contributed by atoms with Gasteiger partial charge >= 0.3 is 0 Å². The lowest BCUT2D eigenvalue weighted by Gasteiger charge is -2.26. The van der Waals surface area contributed by atoms with Gasteiger partial charge in [0, 0.05) is 24.7 Å². The molecule has 2 aliphatic rings. The molecule has 4 nitrogen and oxygen atoms in total. The minimum absolute atomic E-state index is 0.604. The van der Waals surface area contributed by atoms with Crippen LogP contribution >= 0.6 is 0 Å². The van der Waals surface area contributed by atoms with Gasteiger partial charge in [0.05, 0.1) is 6.54 Å². The summed E-state index contributed by atoms with van der Waals surface area (Å²) in [6.07, 6.45) is 6.65. The molecule has 2 heterocycles. The van der Waals surface area contributed by atoms with E-state index in [-0.39, 0.29) is 0 Å². The Labute approximate surface area is 131 Å². The molecule has 4 heteroatoms. The molecule has 0 bridgehead atoms. The van der Waals surface area contributed by atoms with E-state index in [9.17, 15) is 0 Å². The molecule has 0 amide bonds. The molecule has 0 radical (unpaired) electrons. The number of benzene rings is 1. The predicted molar refractivity (Wildman–Crippen MR) is 89.9 cm³/mol. The molecule has 22 heavy (non-hydrogen) atoms. The summed E-state index contributed by atoms with van der Waals surface area (Å²) in [6.45, 7) is 2.90. The van der Waals surface area contributed by atoms with Crippen LogP contribution in [-0.2, 0) is 13.1 Å². The van der Waals surface area contributed by atoms with Gasteiger partial charge in [-0.25, -0.2) is 4.98 Å². The molecule has 1 fully saturated rings. The van der Waals surface area contributed by atoms with Crippen molar-refractivity contribution in [2.75, 3.05) is 11.9 Å². The van der Waals surface area contributed by atoms with Gasteiger partial charge in [-0.15, -0.1) is 0 Å². The van der Waals surface area contributed by atoms with E-state index in [4.69, 9.17) is 4.98 Å². The Morgan fingerprint density at radius 1 is 1.09 bits per heavy atom. The first-order valence-corrected chi connectivity index (χ1v) is 8.54. The van der Waals surface area contributed by atoms with E-state index >= 15 is 0 Å². The maximum Gasteiger partial charge on any atom is 0.134 e. The molecule has 2 N–H and O–H groups in total. The van der Waals surface area contributed by atoms with Crippen molar-refractivity contribution in [3.05, 3.63) is 36.2 Å². The maximum absolute atomic E-state index is 4.92. The van der Waals surface area contributed by atoms with Crippen LogP contribution in [0.2, 0.25) is 0 Å². The zero-order chi connectivity index (χ0) is 14.8. The average molecular weight is 296 g/mol. The van der Waals surface area contributed by atoms with E-state index in [1.807, 2.05) is 0 Å². The maximum atomic E-state index is 4.92. The zero-order valence-corrected chi connectivity index (χ0v) is 13.0. The zero-order valence-electron chi connectivity index (χ0n) is 13.0. The number of fused-ring (bicyclic) bond motifs is 1. The first-order chi connectivity index (χ1) is 10.9. The SMILES string of the molecule is c1ccc(-c2nc3n(c2NC2CCCCC2)CCNC3)cc1.